The topological polar surface area (TPSA) is 39.7 Å². The molecule has 0 fully saturated rings. The van der Waals surface area contributed by atoms with E-state index in [1.165, 1.54) is 0 Å². The molecule has 25 heavy (non-hydrogen) atoms. The van der Waals surface area contributed by atoms with Gasteiger partial charge < -0.3 is 18.6 Å². The fourth-order valence-electron chi connectivity index (χ4n) is 2.28. The summed E-state index contributed by atoms with van der Waals surface area (Å²) in [5, 5.41) is 2.25. The number of rotatable bonds is 11. The van der Waals surface area contributed by atoms with Gasteiger partial charge in [-0.15, -0.1) is 0 Å². The highest BCUT2D eigenvalue weighted by Gasteiger charge is 2.39. The molecule has 0 saturated heterocycles. The minimum atomic E-state index is -2.93. The number of nitrogens with one attached hydrogen (secondary N) is 1. The van der Waals surface area contributed by atoms with Crippen molar-refractivity contribution in [1.82, 2.24) is 0 Å². The van der Waals surface area contributed by atoms with Gasteiger partial charge in [0, 0.05) is 32.4 Å². The zero-order chi connectivity index (χ0) is 19.0. The van der Waals surface area contributed by atoms with E-state index in [1.54, 1.807) is 20.8 Å². The molecule has 0 atom stereocenters. The van der Waals surface area contributed by atoms with E-state index in [1.807, 2.05) is 0 Å². The van der Waals surface area contributed by atoms with Gasteiger partial charge >= 0.3 is 8.80 Å². The molecule has 0 spiro atoms. The summed E-state index contributed by atoms with van der Waals surface area (Å²) in [4.78, 5) is 0. The normalized spacial score (nSPS) is 11.8. The van der Waals surface area contributed by atoms with E-state index in [0.29, 0.717) is 32.3 Å². The zero-order valence-corrected chi connectivity index (χ0v) is 15.4. The van der Waals surface area contributed by atoms with Gasteiger partial charge in [-0.1, -0.05) is 0 Å². The van der Waals surface area contributed by atoms with Crippen LogP contribution in [-0.4, -0.2) is 35.2 Å². The third kappa shape index (κ3) is 5.37. The molecule has 0 aromatic heterocycles. The van der Waals surface area contributed by atoms with Crippen LogP contribution in [0.1, 0.15) is 27.2 Å². The summed E-state index contributed by atoms with van der Waals surface area (Å²) in [5.74, 6) is -9.93. The molecule has 0 bridgehead atoms. The Kier molecular flexibility index (Phi) is 8.76. The highest BCUT2D eigenvalue weighted by molar-refractivity contribution is 6.60. The summed E-state index contributed by atoms with van der Waals surface area (Å²) < 4.78 is 83.3. The van der Waals surface area contributed by atoms with E-state index in [9.17, 15) is 22.0 Å². The van der Waals surface area contributed by atoms with Crippen molar-refractivity contribution in [2.75, 3.05) is 31.7 Å². The van der Waals surface area contributed by atoms with Gasteiger partial charge in [0.05, 0.1) is 0 Å². The third-order valence-electron chi connectivity index (χ3n) is 3.26. The summed E-state index contributed by atoms with van der Waals surface area (Å²) in [6, 6.07) is 0.338. The van der Waals surface area contributed by atoms with Gasteiger partial charge in [0.25, 0.3) is 0 Å². The van der Waals surface area contributed by atoms with Gasteiger partial charge in [0.2, 0.25) is 5.82 Å². The largest absolute Gasteiger partial charge is 0.500 e. The van der Waals surface area contributed by atoms with Crippen molar-refractivity contribution < 1.29 is 35.2 Å². The van der Waals surface area contributed by atoms with Crippen LogP contribution in [0.15, 0.2) is 0 Å². The van der Waals surface area contributed by atoms with Crippen molar-refractivity contribution in [3.8, 4) is 0 Å². The van der Waals surface area contributed by atoms with Crippen molar-refractivity contribution in [2.45, 2.75) is 33.2 Å². The Morgan fingerprint density at radius 2 is 1.12 bits per heavy atom. The second-order valence-electron chi connectivity index (χ2n) is 4.96. The lowest BCUT2D eigenvalue weighted by Crippen LogP contribution is -2.46. The van der Waals surface area contributed by atoms with E-state index < -0.39 is 43.6 Å². The van der Waals surface area contributed by atoms with Crippen LogP contribution in [0.4, 0.5) is 27.6 Å². The molecule has 10 heteroatoms. The number of benzene rings is 1. The Balaban J connectivity index is 2.77. The minimum Gasteiger partial charge on any atom is -0.380 e. The first-order valence-corrected chi connectivity index (χ1v) is 9.93. The molecule has 0 saturated carbocycles. The van der Waals surface area contributed by atoms with Crippen LogP contribution >= 0.6 is 0 Å². The molecule has 0 radical (unpaired) electrons. The minimum absolute atomic E-state index is 0.0413. The predicted molar refractivity (Wildman–Crippen MR) is 84.8 cm³/mol. The van der Waals surface area contributed by atoms with Crippen LogP contribution in [0, 0.1) is 29.1 Å². The molecule has 1 N–H and O–H groups in total. The van der Waals surface area contributed by atoms with Crippen molar-refractivity contribution in [1.29, 1.82) is 0 Å². The Labute approximate surface area is 144 Å². The molecule has 1 rings (SSSR count). The van der Waals surface area contributed by atoms with Gasteiger partial charge in [-0.2, -0.15) is 0 Å². The lowest BCUT2D eigenvalue weighted by Gasteiger charge is -2.28. The average molecular weight is 387 g/mol. The molecule has 0 aliphatic carbocycles. The lowest BCUT2D eigenvalue weighted by molar-refractivity contribution is 0.0710. The fraction of sp³-hybridized carbons (Fsp3) is 0.600. The summed E-state index contributed by atoms with van der Waals surface area (Å²) in [6.07, 6.45) is 0.297. The first-order valence-electron chi connectivity index (χ1n) is 8.00. The maximum Gasteiger partial charge on any atom is 0.500 e. The Morgan fingerprint density at radius 1 is 0.720 bits per heavy atom. The molecular weight excluding hydrogens is 365 g/mol. The van der Waals surface area contributed by atoms with Crippen molar-refractivity contribution >= 4 is 14.5 Å². The van der Waals surface area contributed by atoms with E-state index in [0.717, 1.165) is 0 Å². The van der Waals surface area contributed by atoms with Crippen LogP contribution in [0.3, 0.4) is 0 Å². The van der Waals surface area contributed by atoms with Gasteiger partial charge in [-0.05, 0) is 27.2 Å². The van der Waals surface area contributed by atoms with Crippen LogP contribution < -0.4 is 5.32 Å². The molecule has 0 heterocycles. The first kappa shape index (κ1) is 21.8. The van der Waals surface area contributed by atoms with Crippen LogP contribution in [0.25, 0.3) is 0 Å². The van der Waals surface area contributed by atoms with Crippen molar-refractivity contribution in [3.63, 3.8) is 0 Å². The number of hydrogen-bond acceptors (Lipinski definition) is 4. The maximum atomic E-state index is 13.6. The van der Waals surface area contributed by atoms with E-state index in [2.05, 4.69) is 5.32 Å². The lowest BCUT2D eigenvalue weighted by atomic mass is 10.2. The SMILES string of the molecule is CCO[Si](CCCNc1c(F)c(F)c(F)c(F)c1F)(OCC)OCC. The standard InChI is InChI=1S/C15H22F5NO3Si/c1-4-22-25(23-5-2,24-6-3)9-7-8-21-15-13(19)11(17)10(16)12(18)14(15)20/h21H,4-9H2,1-3H3. The molecule has 0 amide bonds. The van der Waals surface area contributed by atoms with Gasteiger partial charge in [0.15, 0.2) is 23.3 Å². The van der Waals surface area contributed by atoms with Crippen molar-refractivity contribution in [3.05, 3.63) is 29.1 Å². The second-order valence-corrected chi connectivity index (χ2v) is 7.69. The summed E-state index contributed by atoms with van der Waals surface area (Å²) in [5.41, 5.74) is -1.05. The molecule has 0 aliphatic heterocycles. The highest BCUT2D eigenvalue weighted by Crippen LogP contribution is 2.27. The number of halogens is 5. The van der Waals surface area contributed by atoms with Gasteiger partial charge in [0.1, 0.15) is 5.69 Å². The fourth-order valence-corrected chi connectivity index (χ4v) is 4.89. The van der Waals surface area contributed by atoms with Crippen LogP contribution in [-0.2, 0) is 13.3 Å². The van der Waals surface area contributed by atoms with Gasteiger partial charge in [-0.3, -0.25) is 0 Å². The summed E-state index contributed by atoms with van der Waals surface area (Å²) in [6.45, 7) is 6.43. The summed E-state index contributed by atoms with van der Waals surface area (Å²) in [7, 11) is -2.93. The quantitative estimate of drug-likeness (QED) is 0.203. The molecule has 144 valence electrons. The van der Waals surface area contributed by atoms with E-state index in [4.69, 9.17) is 13.3 Å². The molecular formula is C15H22F5NO3Si. The molecule has 1 aromatic carbocycles. The Morgan fingerprint density at radius 3 is 1.52 bits per heavy atom. The Bertz CT molecular complexity index is 531. The average Bonchev–Trinajstić information content (AvgIpc) is 2.58. The summed E-state index contributed by atoms with van der Waals surface area (Å²) >= 11 is 0. The van der Waals surface area contributed by atoms with Crippen LogP contribution in [0.5, 0.6) is 0 Å². The monoisotopic (exact) mass is 387 g/mol. The molecule has 0 aliphatic rings. The van der Waals surface area contributed by atoms with Crippen molar-refractivity contribution in [2.24, 2.45) is 0 Å². The molecule has 0 unspecified atom stereocenters. The second kappa shape index (κ2) is 10.0. The van der Waals surface area contributed by atoms with Crippen LogP contribution in [0.2, 0.25) is 6.04 Å². The van der Waals surface area contributed by atoms with Gasteiger partial charge in [-0.25, -0.2) is 22.0 Å². The Hall–Kier alpha value is -1.23. The third-order valence-corrected chi connectivity index (χ3v) is 6.42. The zero-order valence-electron chi connectivity index (χ0n) is 14.4. The smallest absolute Gasteiger partial charge is 0.380 e. The first-order chi connectivity index (χ1) is 11.8. The predicted octanol–water partition coefficient (Wildman–Crippen LogP) is 4.23. The highest BCUT2D eigenvalue weighted by atomic mass is 28.4. The number of hydrogen-bond donors (Lipinski definition) is 1. The van der Waals surface area contributed by atoms with E-state index >= 15 is 0 Å². The van der Waals surface area contributed by atoms with E-state index in [-0.39, 0.29) is 6.54 Å². The number of anilines is 1. The maximum absolute atomic E-state index is 13.6. The molecule has 4 nitrogen and oxygen atoms in total. The molecule has 1 aromatic rings.